The molecule has 1 saturated heterocycles. The van der Waals surface area contributed by atoms with Crippen LogP contribution in [-0.4, -0.2) is 71.6 Å². The largest absolute Gasteiger partial charge is 0.381 e. The number of nitrogens with one attached hydrogen (secondary N) is 1. The lowest BCUT2D eigenvalue weighted by molar-refractivity contribution is -0.121. The average Bonchev–Trinajstić information content (AvgIpc) is 3.67. The van der Waals surface area contributed by atoms with Crippen LogP contribution in [0.25, 0.3) is 10.9 Å². The second-order valence-corrected chi connectivity index (χ2v) is 10.7. The van der Waals surface area contributed by atoms with Gasteiger partial charge in [-0.05, 0) is 55.9 Å². The van der Waals surface area contributed by atoms with Crippen LogP contribution in [0.1, 0.15) is 87.8 Å². The Morgan fingerprint density at radius 2 is 1.84 bits per heavy atom. The van der Waals surface area contributed by atoms with E-state index in [0.717, 1.165) is 64.0 Å². The van der Waals surface area contributed by atoms with Crippen molar-refractivity contribution >= 4 is 22.7 Å². The van der Waals surface area contributed by atoms with Gasteiger partial charge in [0.05, 0.1) is 0 Å². The third-order valence-corrected chi connectivity index (χ3v) is 7.57. The second kappa shape index (κ2) is 13.4. The third kappa shape index (κ3) is 7.14. The van der Waals surface area contributed by atoms with Gasteiger partial charge in [0.15, 0.2) is 0 Å². The zero-order valence-corrected chi connectivity index (χ0v) is 22.6. The summed E-state index contributed by atoms with van der Waals surface area (Å²) in [7, 11) is 3.98. The molecule has 0 radical (unpaired) electrons. The number of rotatable bonds is 7. The Labute approximate surface area is 223 Å². The Hall–Kier alpha value is -2.38. The fourth-order valence-electron chi connectivity index (χ4n) is 5.42. The number of amides is 2. The average molecular weight is 513 g/mol. The van der Waals surface area contributed by atoms with Crippen molar-refractivity contribution in [3.63, 3.8) is 0 Å². The maximum atomic E-state index is 13.1. The number of nitrogens with zero attached hydrogens (tertiary/aromatic N) is 3. The van der Waals surface area contributed by atoms with Crippen LogP contribution >= 0.6 is 0 Å². The first-order valence-electron chi connectivity index (χ1n) is 13.9. The lowest BCUT2D eigenvalue weighted by Gasteiger charge is -2.37. The van der Waals surface area contributed by atoms with Crippen molar-refractivity contribution in [2.45, 2.75) is 91.3 Å². The first-order valence-corrected chi connectivity index (χ1v) is 13.9. The molecular formula is C30H48N4O3. The molecule has 206 valence electrons. The molecule has 3 heterocycles. The van der Waals surface area contributed by atoms with E-state index in [4.69, 9.17) is 4.74 Å². The van der Waals surface area contributed by atoms with E-state index in [1.54, 1.807) is 4.90 Å². The van der Waals surface area contributed by atoms with Crippen LogP contribution in [0.2, 0.25) is 0 Å². The molecular weight excluding hydrogens is 464 g/mol. The number of aryl methyl sites for hydroxylation is 1. The van der Waals surface area contributed by atoms with Crippen molar-refractivity contribution in [3.05, 3.63) is 35.0 Å². The van der Waals surface area contributed by atoms with Crippen molar-refractivity contribution in [2.75, 3.05) is 33.4 Å². The van der Waals surface area contributed by atoms with E-state index in [9.17, 15) is 9.59 Å². The van der Waals surface area contributed by atoms with E-state index < -0.39 is 0 Å². The van der Waals surface area contributed by atoms with E-state index in [1.165, 1.54) is 28.6 Å². The topological polar surface area (TPSA) is 66.8 Å². The highest BCUT2D eigenvalue weighted by Crippen LogP contribution is 2.33. The van der Waals surface area contributed by atoms with E-state index >= 15 is 0 Å². The SMILES string of the molecule is C.CCC.CN(CCCC(=O)NC1CC1)C(=O)c1ccc2c(c1)c1c(n2C)CCN(C2CCOCC2)C1. The second-order valence-electron chi connectivity index (χ2n) is 10.7. The van der Waals surface area contributed by atoms with Crippen LogP contribution in [0, 0.1) is 0 Å². The monoisotopic (exact) mass is 512 g/mol. The summed E-state index contributed by atoms with van der Waals surface area (Å²) in [4.78, 5) is 29.4. The smallest absolute Gasteiger partial charge is 0.253 e. The van der Waals surface area contributed by atoms with Crippen molar-refractivity contribution in [1.82, 2.24) is 19.7 Å². The summed E-state index contributed by atoms with van der Waals surface area (Å²) in [6.07, 6.45) is 7.86. The minimum atomic E-state index is 0. The summed E-state index contributed by atoms with van der Waals surface area (Å²) in [6, 6.07) is 7.11. The molecule has 37 heavy (non-hydrogen) atoms. The van der Waals surface area contributed by atoms with Gasteiger partial charge in [0.25, 0.3) is 5.91 Å². The molecule has 5 rings (SSSR count). The zero-order valence-electron chi connectivity index (χ0n) is 22.6. The maximum absolute atomic E-state index is 13.1. The van der Waals surface area contributed by atoms with Gasteiger partial charge in [-0.2, -0.15) is 0 Å². The first kappa shape index (κ1) is 29.2. The maximum Gasteiger partial charge on any atom is 0.253 e. The van der Waals surface area contributed by atoms with Crippen LogP contribution < -0.4 is 5.32 Å². The molecule has 0 spiro atoms. The first-order chi connectivity index (χ1) is 17.4. The predicted octanol–water partition coefficient (Wildman–Crippen LogP) is 4.90. The lowest BCUT2D eigenvalue weighted by Crippen LogP contribution is -2.42. The summed E-state index contributed by atoms with van der Waals surface area (Å²) >= 11 is 0. The molecule has 7 heteroatoms. The fraction of sp³-hybridized carbons (Fsp3) is 0.667. The van der Waals surface area contributed by atoms with Gasteiger partial charge in [-0.25, -0.2) is 0 Å². The molecule has 1 aromatic carbocycles. The van der Waals surface area contributed by atoms with E-state index in [0.29, 0.717) is 31.5 Å². The van der Waals surface area contributed by atoms with Crippen molar-refractivity contribution in [3.8, 4) is 0 Å². The molecule has 3 aliphatic rings. The Morgan fingerprint density at radius 1 is 1.14 bits per heavy atom. The van der Waals surface area contributed by atoms with E-state index in [1.807, 2.05) is 13.1 Å². The summed E-state index contributed by atoms with van der Waals surface area (Å²) < 4.78 is 7.87. The van der Waals surface area contributed by atoms with Crippen LogP contribution in [0.5, 0.6) is 0 Å². The van der Waals surface area contributed by atoms with Crippen LogP contribution in [-0.2, 0) is 29.5 Å². The number of benzene rings is 1. The Kier molecular flexibility index (Phi) is 10.6. The molecule has 1 saturated carbocycles. The van der Waals surface area contributed by atoms with Gasteiger partial charge < -0.3 is 19.5 Å². The number of carbonyl (C=O) groups is 2. The van der Waals surface area contributed by atoms with Crippen LogP contribution in [0.4, 0.5) is 0 Å². The lowest BCUT2D eigenvalue weighted by atomic mass is 9.99. The molecule has 0 atom stereocenters. The van der Waals surface area contributed by atoms with Gasteiger partial charge in [-0.1, -0.05) is 27.7 Å². The van der Waals surface area contributed by atoms with Crippen molar-refractivity contribution in [1.29, 1.82) is 0 Å². The van der Waals surface area contributed by atoms with Gasteiger partial charge in [0, 0.05) is 94.0 Å². The summed E-state index contributed by atoms with van der Waals surface area (Å²) in [5.74, 6) is 0.124. The Bertz CT molecular complexity index is 1050. The quantitative estimate of drug-likeness (QED) is 0.573. The van der Waals surface area contributed by atoms with Gasteiger partial charge in [-0.3, -0.25) is 14.5 Å². The van der Waals surface area contributed by atoms with E-state index in [2.05, 4.69) is 47.8 Å². The number of fused-ring (bicyclic) bond motifs is 3. The summed E-state index contributed by atoms with van der Waals surface area (Å²) in [5.41, 5.74) is 4.70. The van der Waals surface area contributed by atoms with Gasteiger partial charge in [-0.15, -0.1) is 0 Å². The highest BCUT2D eigenvalue weighted by molar-refractivity contribution is 5.99. The molecule has 2 fully saturated rings. The van der Waals surface area contributed by atoms with Crippen molar-refractivity contribution < 1.29 is 14.3 Å². The fourth-order valence-corrected chi connectivity index (χ4v) is 5.42. The molecule has 2 amide bonds. The molecule has 1 aromatic heterocycles. The minimum Gasteiger partial charge on any atom is -0.381 e. The van der Waals surface area contributed by atoms with Crippen LogP contribution in [0.3, 0.4) is 0 Å². The number of hydrogen-bond acceptors (Lipinski definition) is 4. The zero-order chi connectivity index (χ0) is 25.7. The Balaban J connectivity index is 0.000000908. The molecule has 1 N–H and O–H groups in total. The molecule has 0 unspecified atom stereocenters. The number of aromatic nitrogens is 1. The van der Waals surface area contributed by atoms with Gasteiger partial charge >= 0.3 is 0 Å². The summed E-state index contributed by atoms with van der Waals surface area (Å²) in [6.45, 7) is 8.58. The van der Waals surface area contributed by atoms with Gasteiger partial charge in [0.2, 0.25) is 5.91 Å². The molecule has 0 bridgehead atoms. The van der Waals surface area contributed by atoms with Crippen LogP contribution in [0.15, 0.2) is 18.2 Å². The number of hydrogen-bond donors (Lipinski definition) is 1. The molecule has 7 nitrogen and oxygen atoms in total. The van der Waals surface area contributed by atoms with E-state index in [-0.39, 0.29) is 19.2 Å². The minimum absolute atomic E-state index is 0. The van der Waals surface area contributed by atoms with Gasteiger partial charge in [0.1, 0.15) is 0 Å². The third-order valence-electron chi connectivity index (χ3n) is 7.57. The molecule has 2 aliphatic heterocycles. The Morgan fingerprint density at radius 3 is 2.51 bits per heavy atom. The van der Waals surface area contributed by atoms with Crippen molar-refractivity contribution in [2.24, 2.45) is 7.05 Å². The molecule has 2 aromatic rings. The number of ether oxygens (including phenoxy) is 1. The summed E-state index contributed by atoms with van der Waals surface area (Å²) in [5, 5.41) is 4.21. The highest BCUT2D eigenvalue weighted by Gasteiger charge is 2.29. The number of carbonyl (C=O) groups excluding carboxylic acids is 2. The highest BCUT2D eigenvalue weighted by atomic mass is 16.5. The normalized spacial score (nSPS) is 17.8. The predicted molar refractivity (Wildman–Crippen MR) is 151 cm³/mol. The standard InChI is InChI=1S/C26H36N4O3.C3H8.CH4/c1-28(12-3-4-25(31)27-19-6-7-19)26(32)18-5-8-23-21(16-18)22-17-30(13-9-24(22)29(23)2)20-10-14-33-15-11-20;1-3-2;/h5,8,16,19-20H,3-4,6-7,9-15,17H2,1-2H3,(H,27,31);3H2,1-2H3;1H4. The molecule has 1 aliphatic carbocycles.